The number of rotatable bonds is 6. The molecular weight excluding hydrogens is 320 g/mol. The summed E-state index contributed by atoms with van der Waals surface area (Å²) in [6, 6.07) is 4.65. The van der Waals surface area contributed by atoms with Gasteiger partial charge in [0.15, 0.2) is 11.5 Å². The number of carbonyl (C=O) groups is 2. The highest BCUT2D eigenvalue weighted by molar-refractivity contribution is 5.82. The molecule has 0 saturated carbocycles. The van der Waals surface area contributed by atoms with E-state index in [-0.39, 0.29) is 35.1 Å². The Labute approximate surface area is 148 Å². The number of nitrogens with one attached hydrogen (secondary N) is 1. The summed E-state index contributed by atoms with van der Waals surface area (Å²) >= 11 is 0. The van der Waals surface area contributed by atoms with Gasteiger partial charge >= 0.3 is 0 Å². The van der Waals surface area contributed by atoms with Crippen LogP contribution in [0.1, 0.15) is 38.7 Å². The minimum Gasteiger partial charge on any atom is -0.504 e. The van der Waals surface area contributed by atoms with Gasteiger partial charge in [0, 0.05) is 25.6 Å². The standard InChI is InChI=1S/C19H28N2O4/c1-3-13(2)19(25)21-10-4-5-15(12-21)18(24)20-9-8-14-6-7-16(22)17(23)11-14/h6-7,11,13,15,22-23H,3-5,8-10,12H2,1-2H3,(H,20,24)/t13-,15+/m0/s1. The van der Waals surface area contributed by atoms with Gasteiger partial charge in [-0.1, -0.05) is 19.9 Å². The molecule has 6 heteroatoms. The summed E-state index contributed by atoms with van der Waals surface area (Å²) in [7, 11) is 0. The fourth-order valence-corrected chi connectivity index (χ4v) is 3.08. The molecule has 2 atom stereocenters. The van der Waals surface area contributed by atoms with E-state index in [1.54, 1.807) is 6.07 Å². The van der Waals surface area contributed by atoms with E-state index in [0.717, 1.165) is 31.4 Å². The molecule has 138 valence electrons. The summed E-state index contributed by atoms with van der Waals surface area (Å²) in [6.45, 7) is 5.62. The van der Waals surface area contributed by atoms with Crippen molar-refractivity contribution in [2.75, 3.05) is 19.6 Å². The molecule has 1 saturated heterocycles. The molecule has 25 heavy (non-hydrogen) atoms. The molecule has 1 aliphatic heterocycles. The van der Waals surface area contributed by atoms with Crippen molar-refractivity contribution in [2.24, 2.45) is 11.8 Å². The van der Waals surface area contributed by atoms with Gasteiger partial charge in [-0.3, -0.25) is 9.59 Å². The average molecular weight is 348 g/mol. The highest BCUT2D eigenvalue weighted by Crippen LogP contribution is 2.25. The minimum atomic E-state index is -0.157. The molecule has 1 fully saturated rings. The quantitative estimate of drug-likeness (QED) is 0.686. The van der Waals surface area contributed by atoms with E-state index in [1.807, 2.05) is 18.7 Å². The van der Waals surface area contributed by atoms with Gasteiger partial charge in [-0.25, -0.2) is 0 Å². The van der Waals surface area contributed by atoms with E-state index in [4.69, 9.17) is 0 Å². The fourth-order valence-electron chi connectivity index (χ4n) is 3.08. The smallest absolute Gasteiger partial charge is 0.225 e. The zero-order chi connectivity index (χ0) is 18.4. The van der Waals surface area contributed by atoms with Crippen LogP contribution in [0.15, 0.2) is 18.2 Å². The number of piperidine rings is 1. The van der Waals surface area contributed by atoms with E-state index in [2.05, 4.69) is 5.32 Å². The predicted molar refractivity (Wildman–Crippen MR) is 95.2 cm³/mol. The molecule has 6 nitrogen and oxygen atoms in total. The van der Waals surface area contributed by atoms with Gasteiger partial charge < -0.3 is 20.4 Å². The number of phenols is 2. The zero-order valence-corrected chi connectivity index (χ0v) is 15.0. The summed E-state index contributed by atoms with van der Waals surface area (Å²) in [4.78, 5) is 26.5. The third kappa shape index (κ3) is 5.11. The van der Waals surface area contributed by atoms with Crippen molar-refractivity contribution in [1.82, 2.24) is 10.2 Å². The minimum absolute atomic E-state index is 0.00369. The van der Waals surface area contributed by atoms with Crippen LogP contribution in [0.4, 0.5) is 0 Å². The molecule has 0 bridgehead atoms. The largest absolute Gasteiger partial charge is 0.504 e. The highest BCUT2D eigenvalue weighted by Gasteiger charge is 2.29. The molecular formula is C19H28N2O4. The summed E-state index contributed by atoms with van der Waals surface area (Å²) < 4.78 is 0. The maximum atomic E-state index is 12.4. The number of hydrogen-bond donors (Lipinski definition) is 3. The topological polar surface area (TPSA) is 89.9 Å². The van der Waals surface area contributed by atoms with Crippen molar-refractivity contribution >= 4 is 11.8 Å². The first kappa shape index (κ1) is 19.1. The molecule has 3 N–H and O–H groups in total. The maximum absolute atomic E-state index is 12.4. The first-order chi connectivity index (χ1) is 11.9. The van der Waals surface area contributed by atoms with Gasteiger partial charge in [-0.2, -0.15) is 0 Å². The number of carbonyl (C=O) groups excluding carboxylic acids is 2. The van der Waals surface area contributed by atoms with Crippen molar-refractivity contribution in [1.29, 1.82) is 0 Å². The first-order valence-electron chi connectivity index (χ1n) is 8.99. The number of benzene rings is 1. The number of aromatic hydroxyl groups is 2. The van der Waals surface area contributed by atoms with E-state index in [9.17, 15) is 19.8 Å². The van der Waals surface area contributed by atoms with Gasteiger partial charge in [-0.15, -0.1) is 0 Å². The van der Waals surface area contributed by atoms with Crippen LogP contribution in [0, 0.1) is 11.8 Å². The van der Waals surface area contributed by atoms with E-state index in [1.165, 1.54) is 12.1 Å². The summed E-state index contributed by atoms with van der Waals surface area (Å²) in [5.74, 6) is -0.348. The van der Waals surface area contributed by atoms with Crippen molar-refractivity contribution in [3.05, 3.63) is 23.8 Å². The van der Waals surface area contributed by atoms with Crippen molar-refractivity contribution < 1.29 is 19.8 Å². The Kier molecular flexibility index (Phi) is 6.67. The third-order valence-corrected chi connectivity index (χ3v) is 4.89. The molecule has 2 amide bonds. The molecule has 0 spiro atoms. The monoisotopic (exact) mass is 348 g/mol. The van der Waals surface area contributed by atoms with Crippen molar-refractivity contribution in [3.8, 4) is 11.5 Å². The predicted octanol–water partition coefficient (Wildman–Crippen LogP) is 2.04. The normalized spacial score (nSPS) is 18.6. The van der Waals surface area contributed by atoms with Crippen LogP contribution in [0.25, 0.3) is 0 Å². The third-order valence-electron chi connectivity index (χ3n) is 4.89. The lowest BCUT2D eigenvalue weighted by atomic mass is 9.95. The Morgan fingerprint density at radius 3 is 2.76 bits per heavy atom. The van der Waals surface area contributed by atoms with Crippen LogP contribution in [-0.4, -0.2) is 46.6 Å². The molecule has 1 heterocycles. The van der Waals surface area contributed by atoms with E-state index in [0.29, 0.717) is 19.5 Å². The second-order valence-electron chi connectivity index (χ2n) is 6.80. The molecule has 0 aromatic heterocycles. The van der Waals surface area contributed by atoms with Gasteiger partial charge in [0.1, 0.15) is 0 Å². The van der Waals surface area contributed by atoms with Gasteiger partial charge in [0.2, 0.25) is 11.8 Å². The average Bonchev–Trinajstić information content (AvgIpc) is 2.63. The lowest BCUT2D eigenvalue weighted by Gasteiger charge is -2.33. The Hall–Kier alpha value is -2.24. The maximum Gasteiger partial charge on any atom is 0.225 e. The van der Waals surface area contributed by atoms with Crippen LogP contribution in [0.5, 0.6) is 11.5 Å². The number of hydrogen-bond acceptors (Lipinski definition) is 4. The first-order valence-corrected chi connectivity index (χ1v) is 8.99. The molecule has 1 aliphatic rings. The SMILES string of the molecule is CC[C@H](C)C(=O)N1CCC[C@@H](C(=O)NCCc2ccc(O)c(O)c2)C1. The lowest BCUT2D eigenvalue weighted by Crippen LogP contribution is -2.47. The van der Waals surface area contributed by atoms with E-state index >= 15 is 0 Å². The molecule has 0 aliphatic carbocycles. The number of amides is 2. The van der Waals surface area contributed by atoms with Crippen LogP contribution in [0.3, 0.4) is 0 Å². The van der Waals surface area contributed by atoms with Crippen LogP contribution in [0.2, 0.25) is 0 Å². The Balaban J connectivity index is 1.81. The Morgan fingerprint density at radius 1 is 1.32 bits per heavy atom. The molecule has 0 unspecified atom stereocenters. The molecule has 1 aromatic carbocycles. The Bertz CT molecular complexity index is 617. The highest BCUT2D eigenvalue weighted by atomic mass is 16.3. The Morgan fingerprint density at radius 2 is 2.08 bits per heavy atom. The molecule has 0 radical (unpaired) electrons. The van der Waals surface area contributed by atoms with Gasteiger partial charge in [0.25, 0.3) is 0 Å². The summed E-state index contributed by atoms with van der Waals surface area (Å²) in [5.41, 5.74) is 0.841. The van der Waals surface area contributed by atoms with E-state index < -0.39 is 0 Å². The zero-order valence-electron chi connectivity index (χ0n) is 15.0. The molecule has 2 rings (SSSR count). The van der Waals surface area contributed by atoms with Crippen LogP contribution < -0.4 is 5.32 Å². The summed E-state index contributed by atoms with van der Waals surface area (Å²) in [5, 5.41) is 21.7. The van der Waals surface area contributed by atoms with Gasteiger partial charge in [0.05, 0.1) is 5.92 Å². The van der Waals surface area contributed by atoms with Gasteiger partial charge in [-0.05, 0) is 43.4 Å². The fraction of sp³-hybridized carbons (Fsp3) is 0.579. The molecule has 1 aromatic rings. The number of likely N-dealkylation sites (tertiary alicyclic amines) is 1. The van der Waals surface area contributed by atoms with Crippen LogP contribution in [-0.2, 0) is 16.0 Å². The number of phenolic OH excluding ortho intramolecular Hbond substituents is 2. The van der Waals surface area contributed by atoms with Crippen LogP contribution >= 0.6 is 0 Å². The van der Waals surface area contributed by atoms with Crippen molar-refractivity contribution in [2.45, 2.75) is 39.5 Å². The lowest BCUT2D eigenvalue weighted by molar-refractivity contribution is -0.138. The number of nitrogens with zero attached hydrogens (tertiary/aromatic N) is 1. The second-order valence-corrected chi connectivity index (χ2v) is 6.80. The van der Waals surface area contributed by atoms with Crippen molar-refractivity contribution in [3.63, 3.8) is 0 Å². The summed E-state index contributed by atoms with van der Waals surface area (Å²) in [6.07, 6.45) is 3.04. The second kappa shape index (κ2) is 8.74.